The summed E-state index contributed by atoms with van der Waals surface area (Å²) in [5, 5.41) is 7.04. The highest BCUT2D eigenvalue weighted by Crippen LogP contribution is 2.21. The molecule has 0 unspecified atom stereocenters. The molecule has 0 aromatic carbocycles. The molecule has 7 nitrogen and oxygen atoms in total. The number of rotatable bonds is 5. The summed E-state index contributed by atoms with van der Waals surface area (Å²) >= 11 is 0. The van der Waals surface area contributed by atoms with Gasteiger partial charge in [-0.3, -0.25) is 9.40 Å². The van der Waals surface area contributed by atoms with Crippen LogP contribution in [0.2, 0.25) is 0 Å². The molecule has 8 heteroatoms. The first-order chi connectivity index (χ1) is 9.44. The average molecular weight is 295 g/mol. The first-order valence-electron chi connectivity index (χ1n) is 6.16. The molecule has 0 saturated carbocycles. The van der Waals surface area contributed by atoms with Crippen LogP contribution in [0.5, 0.6) is 0 Å². The number of aromatic nitrogens is 3. The van der Waals surface area contributed by atoms with Gasteiger partial charge in [0.05, 0.1) is 5.69 Å². The van der Waals surface area contributed by atoms with E-state index in [0.717, 1.165) is 5.69 Å². The Kier molecular flexibility index (Phi) is 3.93. The highest BCUT2D eigenvalue weighted by molar-refractivity contribution is 7.92. The predicted molar refractivity (Wildman–Crippen MR) is 77.2 cm³/mol. The molecule has 0 radical (unpaired) electrons. The lowest BCUT2D eigenvalue weighted by Gasteiger charge is -2.11. The monoisotopic (exact) mass is 295 g/mol. The van der Waals surface area contributed by atoms with E-state index >= 15 is 0 Å². The van der Waals surface area contributed by atoms with Crippen LogP contribution in [-0.2, 0) is 17.1 Å². The smallest absolute Gasteiger partial charge is 0.266 e. The molecule has 2 heterocycles. The quantitative estimate of drug-likeness (QED) is 0.869. The molecule has 0 saturated heterocycles. The van der Waals surface area contributed by atoms with Crippen LogP contribution in [0.3, 0.4) is 0 Å². The largest absolute Gasteiger partial charge is 0.369 e. The molecule has 0 aliphatic rings. The van der Waals surface area contributed by atoms with Gasteiger partial charge in [0.1, 0.15) is 16.5 Å². The maximum atomic E-state index is 12.4. The van der Waals surface area contributed by atoms with Gasteiger partial charge in [-0.15, -0.1) is 0 Å². The highest BCUT2D eigenvalue weighted by atomic mass is 32.2. The van der Waals surface area contributed by atoms with Crippen molar-refractivity contribution in [3.8, 4) is 0 Å². The first-order valence-corrected chi connectivity index (χ1v) is 7.64. The van der Waals surface area contributed by atoms with Crippen molar-refractivity contribution in [2.24, 2.45) is 7.05 Å². The third-order valence-electron chi connectivity index (χ3n) is 2.65. The third-order valence-corrected chi connectivity index (χ3v) is 4.03. The van der Waals surface area contributed by atoms with Gasteiger partial charge in [0.2, 0.25) is 0 Å². The lowest BCUT2D eigenvalue weighted by molar-refractivity contribution is 0.600. The number of sulfonamides is 1. The van der Waals surface area contributed by atoms with Crippen LogP contribution in [0.4, 0.5) is 11.6 Å². The van der Waals surface area contributed by atoms with E-state index in [-0.39, 0.29) is 4.90 Å². The maximum Gasteiger partial charge on any atom is 0.266 e. The van der Waals surface area contributed by atoms with Gasteiger partial charge in [-0.1, -0.05) is 0 Å². The normalized spacial score (nSPS) is 11.3. The van der Waals surface area contributed by atoms with E-state index in [1.165, 1.54) is 10.7 Å². The fourth-order valence-corrected chi connectivity index (χ4v) is 3.02. The minimum atomic E-state index is -3.71. The fourth-order valence-electron chi connectivity index (χ4n) is 1.81. The summed E-state index contributed by atoms with van der Waals surface area (Å²) in [6.07, 6.45) is 1.55. The molecule has 0 aliphatic carbocycles. The van der Waals surface area contributed by atoms with E-state index in [4.69, 9.17) is 0 Å². The first kappa shape index (κ1) is 14.3. The number of hydrogen-bond donors (Lipinski definition) is 2. The molecule has 2 rings (SSSR count). The summed E-state index contributed by atoms with van der Waals surface area (Å²) in [4.78, 5) is 4.16. The van der Waals surface area contributed by atoms with Gasteiger partial charge < -0.3 is 5.32 Å². The van der Waals surface area contributed by atoms with E-state index in [1.807, 2.05) is 6.92 Å². The number of nitrogens with one attached hydrogen (secondary N) is 2. The second kappa shape index (κ2) is 5.49. The molecule has 20 heavy (non-hydrogen) atoms. The third kappa shape index (κ3) is 2.90. The van der Waals surface area contributed by atoms with Gasteiger partial charge in [-0.05, 0) is 26.0 Å². The van der Waals surface area contributed by atoms with Crippen molar-refractivity contribution in [3.63, 3.8) is 0 Å². The molecule has 0 atom stereocenters. The van der Waals surface area contributed by atoms with Crippen molar-refractivity contribution in [1.29, 1.82) is 0 Å². The number of nitrogens with zero attached hydrogens (tertiary/aromatic N) is 3. The van der Waals surface area contributed by atoms with Crippen LogP contribution in [-0.4, -0.2) is 29.7 Å². The minimum Gasteiger partial charge on any atom is -0.369 e. The van der Waals surface area contributed by atoms with Crippen molar-refractivity contribution in [2.45, 2.75) is 18.7 Å². The second-order valence-corrected chi connectivity index (χ2v) is 5.93. The van der Waals surface area contributed by atoms with Gasteiger partial charge in [-0.25, -0.2) is 13.4 Å². The van der Waals surface area contributed by atoms with Crippen molar-refractivity contribution in [3.05, 3.63) is 30.1 Å². The Bertz CT molecular complexity index is 708. The van der Waals surface area contributed by atoms with Gasteiger partial charge in [0.25, 0.3) is 10.0 Å². The van der Waals surface area contributed by atoms with Crippen LogP contribution < -0.4 is 10.0 Å². The maximum absolute atomic E-state index is 12.4. The van der Waals surface area contributed by atoms with Crippen molar-refractivity contribution in [1.82, 2.24) is 14.8 Å². The number of pyridine rings is 1. The van der Waals surface area contributed by atoms with Gasteiger partial charge in [-0.2, -0.15) is 5.10 Å². The lowest BCUT2D eigenvalue weighted by Crippen LogP contribution is -2.17. The molecule has 0 fully saturated rings. The Hall–Kier alpha value is -2.09. The second-order valence-electron chi connectivity index (χ2n) is 4.28. The lowest BCUT2D eigenvalue weighted by atomic mass is 10.4. The van der Waals surface area contributed by atoms with Crippen molar-refractivity contribution >= 4 is 21.7 Å². The summed E-state index contributed by atoms with van der Waals surface area (Å²) in [6.45, 7) is 4.26. The number of hydrogen-bond acceptors (Lipinski definition) is 5. The molecule has 0 spiro atoms. The van der Waals surface area contributed by atoms with Crippen LogP contribution in [0.15, 0.2) is 29.3 Å². The Balaban J connectivity index is 2.38. The van der Waals surface area contributed by atoms with E-state index < -0.39 is 10.0 Å². The van der Waals surface area contributed by atoms with Gasteiger partial charge in [0.15, 0.2) is 0 Å². The van der Waals surface area contributed by atoms with Crippen molar-refractivity contribution < 1.29 is 8.42 Å². The summed E-state index contributed by atoms with van der Waals surface area (Å²) < 4.78 is 28.9. The number of aryl methyl sites for hydroxylation is 2. The fraction of sp³-hybridized carbons (Fsp3) is 0.333. The summed E-state index contributed by atoms with van der Waals surface area (Å²) in [5.41, 5.74) is 0.739. The topological polar surface area (TPSA) is 88.9 Å². The van der Waals surface area contributed by atoms with E-state index in [1.54, 1.807) is 32.3 Å². The van der Waals surface area contributed by atoms with E-state index in [2.05, 4.69) is 20.1 Å². The van der Waals surface area contributed by atoms with Gasteiger partial charge in [0, 0.05) is 25.9 Å². The van der Waals surface area contributed by atoms with Crippen molar-refractivity contribution in [2.75, 3.05) is 16.6 Å². The average Bonchev–Trinajstić information content (AvgIpc) is 2.68. The summed E-state index contributed by atoms with van der Waals surface area (Å²) in [6, 6.07) is 4.77. The van der Waals surface area contributed by atoms with E-state index in [0.29, 0.717) is 18.2 Å². The molecule has 2 aromatic heterocycles. The number of anilines is 2. The van der Waals surface area contributed by atoms with Crippen LogP contribution in [0, 0.1) is 6.92 Å². The molecule has 108 valence electrons. The molecular formula is C12H17N5O2S. The van der Waals surface area contributed by atoms with Crippen LogP contribution >= 0.6 is 0 Å². The Morgan fingerprint density at radius 1 is 1.40 bits per heavy atom. The summed E-state index contributed by atoms with van der Waals surface area (Å²) in [5.74, 6) is 0.746. The molecule has 0 aliphatic heterocycles. The Labute approximate surface area is 118 Å². The predicted octanol–water partition coefficient (Wildman–Crippen LogP) is 1.36. The van der Waals surface area contributed by atoms with Gasteiger partial charge >= 0.3 is 0 Å². The molecule has 2 N–H and O–H groups in total. The van der Waals surface area contributed by atoms with Crippen LogP contribution in [0.25, 0.3) is 0 Å². The molecule has 2 aromatic rings. The zero-order valence-electron chi connectivity index (χ0n) is 11.6. The zero-order valence-corrected chi connectivity index (χ0v) is 12.4. The SMILES string of the molecule is CCNc1ncccc1S(=O)(=O)Nc1cc(C)nn1C. The Morgan fingerprint density at radius 2 is 2.15 bits per heavy atom. The molecular weight excluding hydrogens is 278 g/mol. The van der Waals surface area contributed by atoms with E-state index in [9.17, 15) is 8.42 Å². The Morgan fingerprint density at radius 3 is 2.75 bits per heavy atom. The highest BCUT2D eigenvalue weighted by Gasteiger charge is 2.20. The molecule has 0 amide bonds. The molecule has 0 bridgehead atoms. The summed E-state index contributed by atoms with van der Waals surface area (Å²) in [7, 11) is -2.03. The zero-order chi connectivity index (χ0) is 14.8. The minimum absolute atomic E-state index is 0.112. The standard InChI is InChI=1S/C12H17N5O2S/c1-4-13-12-10(6-5-7-14-12)20(18,19)16-11-8-9(2)15-17(11)3/h5-8,16H,4H2,1-3H3,(H,13,14). The van der Waals surface area contributed by atoms with Crippen LogP contribution in [0.1, 0.15) is 12.6 Å².